The molecule has 3 unspecified atom stereocenters. The fourth-order valence-corrected chi connectivity index (χ4v) is 3.35. The summed E-state index contributed by atoms with van der Waals surface area (Å²) in [5.74, 6) is 2.09. The third-order valence-electron chi connectivity index (χ3n) is 4.47. The number of amides is 1. The van der Waals surface area contributed by atoms with Crippen molar-refractivity contribution in [1.29, 1.82) is 0 Å². The van der Waals surface area contributed by atoms with Crippen molar-refractivity contribution < 1.29 is 4.79 Å². The van der Waals surface area contributed by atoms with Crippen LogP contribution in [0.4, 0.5) is 0 Å². The highest BCUT2D eigenvalue weighted by Crippen LogP contribution is 2.25. The smallest absolute Gasteiger partial charge is 0.223 e. The van der Waals surface area contributed by atoms with Crippen LogP contribution >= 0.6 is 24.8 Å². The molecular formula is C14H25Cl2N5O. The highest BCUT2D eigenvalue weighted by Gasteiger charge is 2.28. The maximum Gasteiger partial charge on any atom is 0.223 e. The van der Waals surface area contributed by atoms with Crippen molar-refractivity contribution in [2.24, 2.45) is 11.7 Å². The molecule has 126 valence electrons. The van der Waals surface area contributed by atoms with Crippen LogP contribution in [0.1, 0.15) is 56.7 Å². The van der Waals surface area contributed by atoms with E-state index in [1.165, 1.54) is 0 Å². The SMILES string of the molecule is CC(NC(=O)C1CCCC(N)C1)c1nnc2n1CCC2.Cl.Cl. The molecule has 3 N–H and O–H groups in total. The molecule has 2 aliphatic rings. The number of halogens is 2. The van der Waals surface area contributed by atoms with E-state index in [1.54, 1.807) is 0 Å². The Morgan fingerprint density at radius 3 is 2.82 bits per heavy atom. The molecule has 6 nitrogen and oxygen atoms in total. The van der Waals surface area contributed by atoms with Crippen LogP contribution in [0.15, 0.2) is 0 Å². The van der Waals surface area contributed by atoms with Gasteiger partial charge in [-0.05, 0) is 32.6 Å². The lowest BCUT2D eigenvalue weighted by atomic mass is 9.85. The summed E-state index contributed by atoms with van der Waals surface area (Å²) in [7, 11) is 0. The molecule has 1 aromatic heterocycles. The number of nitrogens with zero attached hydrogens (tertiary/aromatic N) is 3. The molecule has 1 aromatic rings. The van der Waals surface area contributed by atoms with E-state index in [9.17, 15) is 4.79 Å². The van der Waals surface area contributed by atoms with E-state index in [1.807, 2.05) is 6.92 Å². The Bertz CT molecular complexity index is 507. The average molecular weight is 350 g/mol. The number of rotatable bonds is 3. The predicted molar refractivity (Wildman–Crippen MR) is 89.3 cm³/mol. The summed E-state index contributed by atoms with van der Waals surface area (Å²) in [4.78, 5) is 12.3. The number of aromatic nitrogens is 3. The van der Waals surface area contributed by atoms with Crippen LogP contribution in [0.25, 0.3) is 0 Å². The van der Waals surface area contributed by atoms with E-state index in [4.69, 9.17) is 5.73 Å². The van der Waals surface area contributed by atoms with E-state index in [-0.39, 0.29) is 48.7 Å². The highest BCUT2D eigenvalue weighted by molar-refractivity contribution is 5.85. The maximum atomic E-state index is 12.3. The Hall–Kier alpha value is -0.850. The molecule has 3 atom stereocenters. The maximum absolute atomic E-state index is 12.3. The summed E-state index contributed by atoms with van der Waals surface area (Å²) in [6, 6.07) is 0.0900. The predicted octanol–water partition coefficient (Wildman–Crippen LogP) is 1.76. The fourth-order valence-electron chi connectivity index (χ4n) is 3.35. The first-order chi connectivity index (χ1) is 9.65. The van der Waals surface area contributed by atoms with E-state index in [0.29, 0.717) is 0 Å². The standard InChI is InChI=1S/C14H23N5O.2ClH/c1-9(13-18-17-12-6-3-7-19(12)13)16-14(20)10-4-2-5-11(15)8-10;;/h9-11H,2-8,15H2,1H3,(H,16,20);2*1H. The lowest BCUT2D eigenvalue weighted by molar-refractivity contribution is -0.126. The molecule has 1 aliphatic carbocycles. The van der Waals surface area contributed by atoms with Crippen molar-refractivity contribution in [3.05, 3.63) is 11.6 Å². The Balaban J connectivity index is 0.00000121. The topological polar surface area (TPSA) is 85.8 Å². The van der Waals surface area contributed by atoms with Crippen LogP contribution in [0.2, 0.25) is 0 Å². The minimum atomic E-state index is -0.0833. The molecule has 1 saturated carbocycles. The zero-order valence-electron chi connectivity index (χ0n) is 12.8. The van der Waals surface area contributed by atoms with E-state index in [2.05, 4.69) is 20.1 Å². The second kappa shape index (κ2) is 8.13. The lowest BCUT2D eigenvalue weighted by Gasteiger charge is -2.26. The van der Waals surface area contributed by atoms with Crippen LogP contribution in [0.3, 0.4) is 0 Å². The van der Waals surface area contributed by atoms with Crippen LogP contribution in [-0.2, 0) is 17.8 Å². The van der Waals surface area contributed by atoms with E-state index >= 15 is 0 Å². The van der Waals surface area contributed by atoms with Crippen LogP contribution < -0.4 is 11.1 Å². The molecule has 1 aliphatic heterocycles. The number of aryl methyl sites for hydroxylation is 1. The number of hydrogen-bond donors (Lipinski definition) is 2. The number of hydrogen-bond acceptors (Lipinski definition) is 4. The summed E-state index contributed by atoms with van der Waals surface area (Å²) in [6.07, 6.45) is 5.95. The molecule has 0 spiro atoms. The Labute approximate surface area is 143 Å². The summed E-state index contributed by atoms with van der Waals surface area (Å²) in [5, 5.41) is 11.5. The van der Waals surface area contributed by atoms with Gasteiger partial charge in [0.15, 0.2) is 5.82 Å². The summed E-state index contributed by atoms with van der Waals surface area (Å²) in [5.41, 5.74) is 5.96. The zero-order chi connectivity index (χ0) is 14.1. The van der Waals surface area contributed by atoms with Crippen LogP contribution in [0, 0.1) is 5.92 Å². The van der Waals surface area contributed by atoms with Gasteiger partial charge >= 0.3 is 0 Å². The molecule has 0 aromatic carbocycles. The number of carbonyl (C=O) groups excluding carboxylic acids is 1. The first-order valence-corrected chi connectivity index (χ1v) is 7.63. The Morgan fingerprint density at radius 2 is 2.09 bits per heavy atom. The van der Waals surface area contributed by atoms with Gasteiger partial charge in [0, 0.05) is 24.9 Å². The highest BCUT2D eigenvalue weighted by atomic mass is 35.5. The van der Waals surface area contributed by atoms with Crippen LogP contribution in [0.5, 0.6) is 0 Å². The minimum Gasteiger partial charge on any atom is -0.346 e. The molecular weight excluding hydrogens is 325 g/mol. The van der Waals surface area contributed by atoms with Crippen molar-refractivity contribution in [2.75, 3.05) is 0 Å². The van der Waals surface area contributed by atoms with Gasteiger partial charge in [-0.2, -0.15) is 0 Å². The third kappa shape index (κ3) is 3.91. The van der Waals surface area contributed by atoms with E-state index < -0.39 is 0 Å². The largest absolute Gasteiger partial charge is 0.346 e. The summed E-state index contributed by atoms with van der Waals surface area (Å²) in [6.45, 7) is 2.95. The Morgan fingerprint density at radius 1 is 1.32 bits per heavy atom. The average Bonchev–Trinajstić information content (AvgIpc) is 3.00. The number of nitrogens with one attached hydrogen (secondary N) is 1. The van der Waals surface area contributed by atoms with Gasteiger partial charge in [0.1, 0.15) is 5.82 Å². The monoisotopic (exact) mass is 349 g/mol. The van der Waals surface area contributed by atoms with Crippen molar-refractivity contribution >= 4 is 30.7 Å². The van der Waals surface area contributed by atoms with Gasteiger partial charge in [0.25, 0.3) is 0 Å². The van der Waals surface area contributed by atoms with Gasteiger partial charge in [-0.25, -0.2) is 0 Å². The first kappa shape index (κ1) is 19.2. The molecule has 1 amide bonds. The zero-order valence-corrected chi connectivity index (χ0v) is 14.5. The van der Waals surface area contributed by atoms with Gasteiger partial charge in [0.2, 0.25) is 5.91 Å². The first-order valence-electron chi connectivity index (χ1n) is 7.63. The van der Waals surface area contributed by atoms with Crippen molar-refractivity contribution in [2.45, 2.75) is 64.1 Å². The quantitative estimate of drug-likeness (QED) is 0.870. The molecule has 22 heavy (non-hydrogen) atoms. The minimum absolute atomic E-state index is 0. The van der Waals surface area contributed by atoms with Gasteiger partial charge in [-0.1, -0.05) is 6.42 Å². The van der Waals surface area contributed by atoms with Gasteiger partial charge < -0.3 is 15.6 Å². The van der Waals surface area contributed by atoms with E-state index in [0.717, 1.165) is 56.7 Å². The van der Waals surface area contributed by atoms with Crippen molar-refractivity contribution in [3.8, 4) is 0 Å². The molecule has 0 radical (unpaired) electrons. The molecule has 8 heteroatoms. The molecule has 1 fully saturated rings. The normalized spacial score (nSPS) is 24.6. The Kier molecular flexibility index (Phi) is 7.09. The second-order valence-corrected chi connectivity index (χ2v) is 6.08. The number of carbonyl (C=O) groups is 1. The fraction of sp³-hybridized carbons (Fsp3) is 0.786. The number of nitrogens with two attached hydrogens (primary N) is 1. The second-order valence-electron chi connectivity index (χ2n) is 6.08. The molecule has 2 heterocycles. The summed E-state index contributed by atoms with van der Waals surface area (Å²) < 4.78 is 2.14. The molecule has 3 rings (SSSR count). The third-order valence-corrected chi connectivity index (χ3v) is 4.47. The van der Waals surface area contributed by atoms with Gasteiger partial charge in [-0.15, -0.1) is 35.0 Å². The lowest BCUT2D eigenvalue weighted by Crippen LogP contribution is -2.39. The molecule has 0 bridgehead atoms. The molecule has 0 saturated heterocycles. The number of fused-ring (bicyclic) bond motifs is 1. The van der Waals surface area contributed by atoms with Gasteiger partial charge in [-0.3, -0.25) is 4.79 Å². The van der Waals surface area contributed by atoms with Gasteiger partial charge in [0.05, 0.1) is 6.04 Å². The van der Waals surface area contributed by atoms with Crippen LogP contribution in [-0.4, -0.2) is 26.7 Å². The summed E-state index contributed by atoms with van der Waals surface area (Å²) >= 11 is 0. The van der Waals surface area contributed by atoms with Crippen molar-refractivity contribution in [3.63, 3.8) is 0 Å². The van der Waals surface area contributed by atoms with Crippen molar-refractivity contribution in [1.82, 2.24) is 20.1 Å².